The van der Waals surface area contributed by atoms with Gasteiger partial charge in [0.1, 0.15) is 15.6 Å². The predicted molar refractivity (Wildman–Crippen MR) is 122 cm³/mol. The molecule has 0 saturated heterocycles. The monoisotopic (exact) mass is 492 g/mol. The van der Waals surface area contributed by atoms with Crippen LogP contribution in [-0.4, -0.2) is 46.4 Å². The van der Waals surface area contributed by atoms with E-state index in [1.54, 1.807) is 6.07 Å². The number of azo groups is 1. The van der Waals surface area contributed by atoms with Crippen molar-refractivity contribution in [3.05, 3.63) is 36.0 Å². The van der Waals surface area contributed by atoms with Gasteiger partial charge in [-0.25, -0.2) is 36.7 Å². The number of nitrogens with zero attached hydrogens (tertiary/aromatic N) is 4. The Balaban J connectivity index is 1.90. The largest absolute Gasteiger partial charge is 0.384 e. The number of nitrogen functional groups attached to an aromatic ring is 1. The Kier molecular flexibility index (Phi) is 6.05. The molecule has 1 aromatic heterocycles. The third kappa shape index (κ3) is 4.79. The average Bonchev–Trinajstić information content (AvgIpc) is 3.44. The molecule has 1 aliphatic heterocycles. The highest BCUT2D eigenvalue weighted by molar-refractivity contribution is 7.92. The number of pyridine rings is 1. The van der Waals surface area contributed by atoms with Crippen LogP contribution in [0.3, 0.4) is 0 Å². The summed E-state index contributed by atoms with van der Waals surface area (Å²) in [6.07, 6.45) is 4.57. The molecule has 1 aliphatic carbocycles. The van der Waals surface area contributed by atoms with Crippen molar-refractivity contribution in [2.24, 2.45) is 26.1 Å². The van der Waals surface area contributed by atoms with Crippen LogP contribution in [0.5, 0.6) is 0 Å². The molecule has 0 unspecified atom stereocenters. The number of primary sulfonamides is 1. The second-order valence-corrected chi connectivity index (χ2v) is 11.3. The molecule has 1 saturated carbocycles. The van der Waals surface area contributed by atoms with E-state index in [2.05, 4.69) is 24.9 Å². The summed E-state index contributed by atoms with van der Waals surface area (Å²) in [4.78, 5) is 7.00. The van der Waals surface area contributed by atoms with Gasteiger partial charge >= 0.3 is 0 Å². The second-order valence-electron chi connectivity index (χ2n) is 8.09. The van der Waals surface area contributed by atoms with Crippen molar-refractivity contribution in [3.8, 4) is 11.1 Å². The number of sulfonamides is 2. The zero-order valence-electron chi connectivity index (χ0n) is 17.6. The van der Waals surface area contributed by atoms with Crippen molar-refractivity contribution in [2.75, 3.05) is 18.9 Å². The number of nitrogens with two attached hydrogens (primary N) is 3. The van der Waals surface area contributed by atoms with Gasteiger partial charge in [0.15, 0.2) is 12.5 Å². The van der Waals surface area contributed by atoms with E-state index in [9.17, 15) is 16.8 Å². The maximum atomic E-state index is 13.2. The molecule has 4 rings (SSSR count). The number of nitrogens with one attached hydrogen (secondary N) is 1. The van der Waals surface area contributed by atoms with Gasteiger partial charge in [-0.15, -0.1) is 5.11 Å². The number of aromatic nitrogens is 1. The van der Waals surface area contributed by atoms with Crippen molar-refractivity contribution in [2.45, 2.75) is 41.0 Å². The highest BCUT2D eigenvalue weighted by Crippen LogP contribution is 2.35. The molecule has 0 amide bonds. The molecule has 0 spiro atoms. The fourth-order valence-electron chi connectivity index (χ4n) is 4.02. The van der Waals surface area contributed by atoms with E-state index in [0.29, 0.717) is 24.0 Å². The Labute approximate surface area is 191 Å². The van der Waals surface area contributed by atoms with Gasteiger partial charge in [0.25, 0.3) is 0 Å². The minimum atomic E-state index is -4.55. The maximum Gasteiger partial charge on any atom is 0.242 e. The van der Waals surface area contributed by atoms with Crippen LogP contribution >= 0.6 is 0 Å². The highest BCUT2D eigenvalue weighted by atomic mass is 32.2. The summed E-state index contributed by atoms with van der Waals surface area (Å²) in [5.74, 6) is 0.213. The molecule has 2 heterocycles. The number of amidine groups is 1. The van der Waals surface area contributed by atoms with Crippen LogP contribution in [0.1, 0.15) is 31.2 Å². The standard InChI is InChI=1S/C19H24N8O4S2/c20-15-6-3-12(9-23-15)13-4-5-14(33(30,31)26-10-19(21)7-1-2-8-19)17(32(22,28)29)16(13)18-24-11-25-27-18/h3-6,9,26H,1-2,7-8,10-11,21H2,(H2,20,23)(H2,22,28,29). The molecule has 0 radical (unpaired) electrons. The molecule has 2 aromatic rings. The molecule has 1 aromatic carbocycles. The van der Waals surface area contributed by atoms with Gasteiger partial charge in [0, 0.05) is 23.8 Å². The lowest BCUT2D eigenvalue weighted by Crippen LogP contribution is -2.48. The third-order valence-corrected chi connectivity index (χ3v) is 8.25. The smallest absolute Gasteiger partial charge is 0.242 e. The lowest BCUT2D eigenvalue weighted by molar-refractivity contribution is 0.431. The first-order valence-electron chi connectivity index (χ1n) is 10.1. The third-order valence-electron chi connectivity index (χ3n) is 5.68. The van der Waals surface area contributed by atoms with Gasteiger partial charge in [0.2, 0.25) is 20.0 Å². The maximum absolute atomic E-state index is 13.2. The van der Waals surface area contributed by atoms with Crippen LogP contribution in [0.15, 0.2) is 55.5 Å². The summed E-state index contributed by atoms with van der Waals surface area (Å²) in [5, 5.41) is 13.2. The quantitative estimate of drug-likeness (QED) is 0.434. The van der Waals surface area contributed by atoms with Gasteiger partial charge in [-0.05, 0) is 36.6 Å². The Morgan fingerprint density at radius 3 is 2.36 bits per heavy atom. The van der Waals surface area contributed by atoms with Crippen LogP contribution < -0.4 is 21.3 Å². The fraction of sp³-hybridized carbons (Fsp3) is 0.368. The van der Waals surface area contributed by atoms with Gasteiger partial charge in [-0.1, -0.05) is 18.9 Å². The van der Waals surface area contributed by atoms with E-state index >= 15 is 0 Å². The summed E-state index contributed by atoms with van der Waals surface area (Å²) in [5.41, 5.74) is 12.0. The minimum absolute atomic E-state index is 0.0241. The minimum Gasteiger partial charge on any atom is -0.384 e. The predicted octanol–water partition coefficient (Wildman–Crippen LogP) is 0.698. The van der Waals surface area contributed by atoms with E-state index in [-0.39, 0.29) is 30.4 Å². The zero-order chi connectivity index (χ0) is 23.9. The molecule has 0 bridgehead atoms. The molecule has 33 heavy (non-hydrogen) atoms. The van der Waals surface area contributed by atoms with E-state index in [1.807, 2.05) is 0 Å². The normalized spacial score (nSPS) is 17.9. The van der Waals surface area contributed by atoms with Crippen LogP contribution in [-0.2, 0) is 20.0 Å². The number of hydrogen-bond acceptors (Lipinski definition) is 10. The number of anilines is 1. The summed E-state index contributed by atoms with van der Waals surface area (Å²) in [6.45, 7) is -0.0528. The number of rotatable bonds is 7. The average molecular weight is 493 g/mol. The van der Waals surface area contributed by atoms with Crippen molar-refractivity contribution in [1.82, 2.24) is 9.71 Å². The van der Waals surface area contributed by atoms with Crippen molar-refractivity contribution in [3.63, 3.8) is 0 Å². The highest BCUT2D eigenvalue weighted by Gasteiger charge is 2.35. The molecule has 12 nitrogen and oxygen atoms in total. The summed E-state index contributed by atoms with van der Waals surface area (Å²) >= 11 is 0. The van der Waals surface area contributed by atoms with Crippen LogP contribution in [0.4, 0.5) is 5.82 Å². The summed E-state index contributed by atoms with van der Waals surface area (Å²) in [7, 11) is -8.86. The van der Waals surface area contributed by atoms with E-state index in [0.717, 1.165) is 12.8 Å². The van der Waals surface area contributed by atoms with Crippen LogP contribution in [0.2, 0.25) is 0 Å². The zero-order valence-corrected chi connectivity index (χ0v) is 19.2. The Bertz CT molecular complexity index is 1350. The van der Waals surface area contributed by atoms with Gasteiger partial charge in [-0.2, -0.15) is 5.11 Å². The Hall–Kier alpha value is -2.78. The van der Waals surface area contributed by atoms with Crippen LogP contribution in [0.25, 0.3) is 11.1 Å². The van der Waals surface area contributed by atoms with E-state index in [1.165, 1.54) is 24.4 Å². The topological polar surface area (TPSA) is 208 Å². The Morgan fingerprint density at radius 2 is 1.79 bits per heavy atom. The molecule has 0 atom stereocenters. The molecule has 1 fully saturated rings. The molecule has 176 valence electrons. The second kappa shape index (κ2) is 8.53. The fourth-order valence-corrected chi connectivity index (χ4v) is 6.75. The van der Waals surface area contributed by atoms with E-state index < -0.39 is 35.4 Å². The SMILES string of the molecule is Nc1ccc(-c2ccc(S(=O)(=O)NCC3(N)CCCC3)c(S(N)(=O)=O)c2C2=NCN=N2)cn1. The molecule has 7 N–H and O–H groups in total. The Morgan fingerprint density at radius 1 is 1.06 bits per heavy atom. The molecular weight excluding hydrogens is 468 g/mol. The number of aliphatic imine (C=N–C) groups is 1. The summed E-state index contributed by atoms with van der Waals surface area (Å²) < 4.78 is 54.4. The first-order valence-corrected chi connectivity index (χ1v) is 13.2. The number of hydrogen-bond donors (Lipinski definition) is 4. The van der Waals surface area contributed by atoms with Gasteiger partial charge in [-0.3, -0.25) is 0 Å². The lowest BCUT2D eigenvalue weighted by atomic mass is 10.00. The molecule has 14 heteroatoms. The summed E-state index contributed by atoms with van der Waals surface area (Å²) in [6, 6.07) is 5.78. The van der Waals surface area contributed by atoms with Crippen molar-refractivity contribution < 1.29 is 16.8 Å². The van der Waals surface area contributed by atoms with Gasteiger partial charge in [0.05, 0.1) is 5.56 Å². The molecular formula is C19H24N8O4S2. The van der Waals surface area contributed by atoms with Crippen molar-refractivity contribution >= 4 is 31.7 Å². The lowest BCUT2D eigenvalue weighted by Gasteiger charge is -2.24. The first-order chi connectivity index (χ1) is 15.5. The van der Waals surface area contributed by atoms with Crippen LogP contribution in [0, 0.1) is 0 Å². The molecule has 2 aliphatic rings. The van der Waals surface area contributed by atoms with Crippen molar-refractivity contribution in [1.29, 1.82) is 0 Å². The number of benzene rings is 1. The first kappa shape index (κ1) is 23.4. The van der Waals surface area contributed by atoms with E-state index in [4.69, 9.17) is 16.6 Å². The van der Waals surface area contributed by atoms with Gasteiger partial charge < -0.3 is 11.5 Å².